The van der Waals surface area contributed by atoms with Crippen LogP contribution in [0.25, 0.3) is 11.3 Å². The van der Waals surface area contributed by atoms with Crippen molar-refractivity contribution in [3.8, 4) is 17.0 Å². The van der Waals surface area contributed by atoms with Gasteiger partial charge in [0.25, 0.3) is 0 Å². The lowest BCUT2D eigenvalue weighted by molar-refractivity contribution is 0.415. The van der Waals surface area contributed by atoms with E-state index in [1.165, 1.54) is 6.07 Å². The molecule has 0 aliphatic heterocycles. The highest BCUT2D eigenvalue weighted by Crippen LogP contribution is 2.26. The van der Waals surface area contributed by atoms with Gasteiger partial charge in [-0.1, -0.05) is 30.3 Å². The molecule has 0 fully saturated rings. The maximum absolute atomic E-state index is 13.7. The third kappa shape index (κ3) is 3.11. The summed E-state index contributed by atoms with van der Waals surface area (Å²) in [6.45, 7) is 0. The van der Waals surface area contributed by atoms with Crippen molar-refractivity contribution in [1.82, 2.24) is 4.98 Å². The molecule has 4 heteroatoms. The first-order chi connectivity index (χ1) is 10.3. The van der Waals surface area contributed by atoms with Crippen molar-refractivity contribution in [3.05, 3.63) is 70.3 Å². The number of hydrogen-bond acceptors (Lipinski definition) is 3. The van der Waals surface area contributed by atoms with Crippen LogP contribution in [-0.2, 0) is 6.42 Å². The average Bonchev–Trinajstić information content (AvgIpc) is 2.98. The van der Waals surface area contributed by atoms with Crippen molar-refractivity contribution in [2.24, 2.45) is 0 Å². The molecular weight excluding hydrogens is 285 g/mol. The zero-order valence-electron chi connectivity index (χ0n) is 11.5. The standard InChI is InChI=1S/C17H14FNOS/c1-20-14-7-4-6-13(9-14)16-11-21-17(19-16)10-12-5-2-3-8-15(12)18/h2-9,11H,10H2,1H3. The fourth-order valence-corrected chi connectivity index (χ4v) is 2.94. The van der Waals surface area contributed by atoms with E-state index in [0.29, 0.717) is 12.0 Å². The topological polar surface area (TPSA) is 22.1 Å². The molecule has 0 aliphatic rings. The van der Waals surface area contributed by atoms with Gasteiger partial charge in [-0.3, -0.25) is 0 Å². The minimum Gasteiger partial charge on any atom is -0.497 e. The Kier molecular flexibility index (Phi) is 3.97. The van der Waals surface area contributed by atoms with E-state index in [-0.39, 0.29) is 5.82 Å². The van der Waals surface area contributed by atoms with E-state index >= 15 is 0 Å². The quantitative estimate of drug-likeness (QED) is 0.705. The van der Waals surface area contributed by atoms with Crippen LogP contribution in [0.4, 0.5) is 4.39 Å². The summed E-state index contributed by atoms with van der Waals surface area (Å²) in [5, 5.41) is 2.89. The zero-order chi connectivity index (χ0) is 14.7. The van der Waals surface area contributed by atoms with Gasteiger partial charge in [-0.2, -0.15) is 0 Å². The Hall–Kier alpha value is -2.20. The summed E-state index contributed by atoms with van der Waals surface area (Å²) >= 11 is 1.54. The first kappa shape index (κ1) is 13.8. The van der Waals surface area contributed by atoms with Gasteiger partial charge in [-0.25, -0.2) is 9.37 Å². The first-order valence-corrected chi connectivity index (χ1v) is 7.46. The molecule has 106 valence electrons. The number of thiazole rings is 1. The van der Waals surface area contributed by atoms with Crippen molar-refractivity contribution in [2.75, 3.05) is 7.11 Å². The first-order valence-electron chi connectivity index (χ1n) is 6.58. The van der Waals surface area contributed by atoms with Crippen LogP contribution in [-0.4, -0.2) is 12.1 Å². The number of methoxy groups -OCH3 is 1. The Morgan fingerprint density at radius 2 is 2.00 bits per heavy atom. The molecule has 0 unspecified atom stereocenters. The number of rotatable bonds is 4. The van der Waals surface area contributed by atoms with E-state index in [2.05, 4.69) is 4.98 Å². The molecule has 21 heavy (non-hydrogen) atoms. The number of ether oxygens (including phenoxy) is 1. The number of halogens is 1. The van der Waals surface area contributed by atoms with Crippen molar-refractivity contribution in [3.63, 3.8) is 0 Å². The summed E-state index contributed by atoms with van der Waals surface area (Å²) in [6.07, 6.45) is 0.515. The number of aromatic nitrogens is 1. The molecule has 0 radical (unpaired) electrons. The van der Waals surface area contributed by atoms with Crippen LogP contribution in [0.2, 0.25) is 0 Å². The highest BCUT2D eigenvalue weighted by Gasteiger charge is 2.08. The molecule has 0 spiro atoms. The third-order valence-corrected chi connectivity index (χ3v) is 4.07. The van der Waals surface area contributed by atoms with Gasteiger partial charge < -0.3 is 4.74 Å². The van der Waals surface area contributed by atoms with Gasteiger partial charge in [-0.15, -0.1) is 11.3 Å². The van der Waals surface area contributed by atoms with Gasteiger partial charge >= 0.3 is 0 Å². The molecule has 0 bridgehead atoms. The monoisotopic (exact) mass is 299 g/mol. The molecule has 1 aromatic heterocycles. The van der Waals surface area contributed by atoms with Gasteiger partial charge in [0.2, 0.25) is 0 Å². The van der Waals surface area contributed by atoms with E-state index in [1.807, 2.05) is 35.7 Å². The number of nitrogens with zero attached hydrogens (tertiary/aromatic N) is 1. The molecule has 0 aliphatic carbocycles. The van der Waals surface area contributed by atoms with Crippen LogP contribution >= 0.6 is 11.3 Å². The molecule has 2 aromatic carbocycles. The summed E-state index contributed by atoms with van der Waals surface area (Å²) in [4.78, 5) is 4.59. The smallest absolute Gasteiger partial charge is 0.126 e. The van der Waals surface area contributed by atoms with E-state index < -0.39 is 0 Å². The molecule has 3 aromatic rings. The minimum atomic E-state index is -0.185. The second-order valence-corrected chi connectivity index (χ2v) is 5.57. The van der Waals surface area contributed by atoms with Crippen LogP contribution in [0.3, 0.4) is 0 Å². The number of hydrogen-bond donors (Lipinski definition) is 0. The lowest BCUT2D eigenvalue weighted by Gasteiger charge is -2.02. The van der Waals surface area contributed by atoms with Crippen LogP contribution in [0, 0.1) is 5.82 Å². The van der Waals surface area contributed by atoms with Gasteiger partial charge in [0.1, 0.15) is 11.6 Å². The summed E-state index contributed by atoms with van der Waals surface area (Å²) in [5.41, 5.74) is 2.57. The fraction of sp³-hybridized carbons (Fsp3) is 0.118. The van der Waals surface area contributed by atoms with E-state index in [4.69, 9.17) is 4.74 Å². The third-order valence-electron chi connectivity index (χ3n) is 3.22. The lowest BCUT2D eigenvalue weighted by Crippen LogP contribution is -1.91. The molecule has 1 heterocycles. The van der Waals surface area contributed by atoms with E-state index in [0.717, 1.165) is 22.0 Å². The van der Waals surface area contributed by atoms with Gasteiger partial charge in [-0.05, 0) is 23.8 Å². The zero-order valence-corrected chi connectivity index (χ0v) is 12.4. The summed E-state index contributed by atoms with van der Waals surface area (Å²) < 4.78 is 18.9. The molecule has 0 saturated heterocycles. The maximum atomic E-state index is 13.7. The van der Waals surface area contributed by atoms with Crippen molar-refractivity contribution >= 4 is 11.3 Å². The molecule has 0 N–H and O–H groups in total. The molecule has 0 saturated carbocycles. The Morgan fingerprint density at radius 1 is 1.14 bits per heavy atom. The van der Waals surface area contributed by atoms with Crippen LogP contribution < -0.4 is 4.74 Å². The predicted octanol–water partition coefficient (Wildman–Crippen LogP) is 4.55. The van der Waals surface area contributed by atoms with E-state index in [1.54, 1.807) is 30.6 Å². The second kappa shape index (κ2) is 6.06. The summed E-state index contributed by atoms with van der Waals surface area (Å²) in [5.74, 6) is 0.617. The average molecular weight is 299 g/mol. The molecule has 0 amide bonds. The van der Waals surface area contributed by atoms with Crippen LogP contribution in [0.15, 0.2) is 53.9 Å². The van der Waals surface area contributed by atoms with E-state index in [9.17, 15) is 4.39 Å². The minimum absolute atomic E-state index is 0.185. The normalized spacial score (nSPS) is 10.6. The molecule has 2 nitrogen and oxygen atoms in total. The van der Waals surface area contributed by atoms with Crippen molar-refractivity contribution in [1.29, 1.82) is 0 Å². The second-order valence-electron chi connectivity index (χ2n) is 4.63. The Bertz CT molecular complexity index is 754. The number of benzene rings is 2. The summed E-state index contributed by atoms with van der Waals surface area (Å²) in [6, 6.07) is 14.6. The largest absolute Gasteiger partial charge is 0.497 e. The SMILES string of the molecule is COc1cccc(-c2csc(Cc3ccccc3F)n2)c1. The van der Waals surface area contributed by atoms with Crippen molar-refractivity contribution in [2.45, 2.75) is 6.42 Å². The van der Waals surface area contributed by atoms with Gasteiger partial charge in [0, 0.05) is 17.4 Å². The van der Waals surface area contributed by atoms with Gasteiger partial charge in [0.05, 0.1) is 17.8 Å². The van der Waals surface area contributed by atoms with Gasteiger partial charge in [0.15, 0.2) is 0 Å². The molecule has 3 rings (SSSR count). The van der Waals surface area contributed by atoms with Crippen molar-refractivity contribution < 1.29 is 9.13 Å². The maximum Gasteiger partial charge on any atom is 0.126 e. The Morgan fingerprint density at radius 3 is 2.81 bits per heavy atom. The highest BCUT2D eigenvalue weighted by molar-refractivity contribution is 7.10. The highest BCUT2D eigenvalue weighted by atomic mass is 32.1. The molecular formula is C17H14FNOS. The van der Waals surface area contributed by atoms with Crippen LogP contribution in [0.1, 0.15) is 10.6 Å². The van der Waals surface area contributed by atoms with Crippen LogP contribution in [0.5, 0.6) is 5.75 Å². The Balaban J connectivity index is 1.85. The summed E-state index contributed by atoms with van der Waals surface area (Å²) in [7, 11) is 1.64. The predicted molar refractivity (Wildman–Crippen MR) is 83.3 cm³/mol. The fourth-order valence-electron chi connectivity index (χ4n) is 2.11. The Labute approximate surface area is 126 Å². The lowest BCUT2D eigenvalue weighted by atomic mass is 10.1. The molecule has 0 atom stereocenters.